The van der Waals surface area contributed by atoms with Gasteiger partial charge >= 0.3 is 0 Å². The fourth-order valence-corrected chi connectivity index (χ4v) is 7.26. The lowest BCUT2D eigenvalue weighted by Crippen LogP contribution is -2.35. The Morgan fingerprint density at radius 1 is 1.05 bits per heavy atom. The molecule has 3 fully saturated rings. The van der Waals surface area contributed by atoms with E-state index in [9.17, 15) is 13.2 Å². The molecule has 6 rings (SSSR count). The van der Waals surface area contributed by atoms with Gasteiger partial charge < -0.3 is 9.47 Å². The number of nitrogens with zero attached hydrogens (tertiary/aromatic N) is 5. The van der Waals surface area contributed by atoms with Crippen molar-refractivity contribution in [3.63, 3.8) is 0 Å². The van der Waals surface area contributed by atoms with Crippen molar-refractivity contribution < 1.29 is 22.7 Å². The number of carbonyl (C=O) groups excluding carboxylic acids is 1. The first-order chi connectivity index (χ1) is 19.5. The number of aromatic nitrogens is 2. The van der Waals surface area contributed by atoms with Gasteiger partial charge in [-0.15, -0.1) is 0 Å². The summed E-state index contributed by atoms with van der Waals surface area (Å²) in [4.78, 5) is 25.9. The summed E-state index contributed by atoms with van der Waals surface area (Å²) in [5.74, 6) is 0.0921. The second-order valence-corrected chi connectivity index (χ2v) is 13.3. The number of benzene rings is 1. The highest BCUT2D eigenvalue weighted by Crippen LogP contribution is 2.33. The lowest BCUT2D eigenvalue weighted by Gasteiger charge is -2.24. The van der Waals surface area contributed by atoms with Crippen molar-refractivity contribution in [3.05, 3.63) is 42.0 Å². The van der Waals surface area contributed by atoms with Crippen LogP contribution in [0, 0.1) is 0 Å². The van der Waals surface area contributed by atoms with Crippen LogP contribution in [0.25, 0.3) is 10.3 Å². The van der Waals surface area contributed by atoms with Crippen LogP contribution in [-0.4, -0.2) is 97.7 Å². The number of fused-ring (bicyclic) bond motifs is 1. The Balaban J connectivity index is 1.18. The number of nitrogens with one attached hydrogen (secondary N) is 1. The zero-order valence-electron chi connectivity index (χ0n) is 22.1. The number of ether oxygens (including phenoxy) is 2. The molecule has 2 aliphatic heterocycles. The molecule has 3 aliphatic rings. The monoisotopic (exact) mass is 584 g/mol. The molecular formula is C27H32N6O5S2. The number of anilines is 1. The number of sulfone groups is 1. The predicted octanol–water partition coefficient (Wildman–Crippen LogP) is 2.78. The number of thiazole rings is 1. The Morgan fingerprint density at radius 2 is 1.80 bits per heavy atom. The highest BCUT2D eigenvalue weighted by atomic mass is 32.2. The standard InChI is InChI=1S/C27H32N6O5S2/c34-25(30-27-28-22-9-10-23(29-26(22)39-27)38-18-13-32-11-1-2-12-32)24(31-33-14-16-37-17-15-33)19-3-5-20(6-4-19)40(35,36)21-7-8-21/h3-6,9-10,21H,1-2,7-8,11-18H2,(H,28,30,34)/b31-24-. The number of carbonyl (C=O) groups is 1. The molecule has 3 aromatic rings. The summed E-state index contributed by atoms with van der Waals surface area (Å²) in [6.45, 7) is 5.83. The van der Waals surface area contributed by atoms with Gasteiger partial charge in [0.15, 0.2) is 20.7 Å². The highest BCUT2D eigenvalue weighted by Gasteiger charge is 2.36. The quantitative estimate of drug-likeness (QED) is 0.358. The normalized spacial score (nSPS) is 18.8. The summed E-state index contributed by atoms with van der Waals surface area (Å²) in [7, 11) is -3.33. The minimum Gasteiger partial charge on any atom is -0.476 e. The van der Waals surface area contributed by atoms with Gasteiger partial charge in [-0.25, -0.2) is 18.4 Å². The summed E-state index contributed by atoms with van der Waals surface area (Å²) >= 11 is 1.26. The molecule has 1 amide bonds. The Bertz CT molecular complexity index is 1490. The molecule has 0 radical (unpaired) electrons. The molecule has 1 aliphatic carbocycles. The van der Waals surface area contributed by atoms with Gasteiger partial charge in [0.2, 0.25) is 5.88 Å². The summed E-state index contributed by atoms with van der Waals surface area (Å²) in [5, 5.41) is 9.37. The molecule has 2 aromatic heterocycles. The fraction of sp³-hybridized carbons (Fsp3) is 0.481. The molecule has 11 nitrogen and oxygen atoms in total. The summed E-state index contributed by atoms with van der Waals surface area (Å²) in [6, 6.07) is 10.0. The number of amides is 1. The van der Waals surface area contributed by atoms with Crippen LogP contribution in [0.15, 0.2) is 46.4 Å². The number of hydrogen-bond donors (Lipinski definition) is 1. The third kappa shape index (κ3) is 6.27. The van der Waals surface area contributed by atoms with Crippen molar-refractivity contribution in [3.8, 4) is 5.88 Å². The number of likely N-dealkylation sites (tertiary alicyclic amines) is 1. The van der Waals surface area contributed by atoms with Crippen molar-refractivity contribution in [2.24, 2.45) is 5.10 Å². The van der Waals surface area contributed by atoms with Crippen LogP contribution < -0.4 is 10.1 Å². The van der Waals surface area contributed by atoms with Gasteiger partial charge in [-0.3, -0.25) is 20.0 Å². The lowest BCUT2D eigenvalue weighted by molar-refractivity contribution is -0.110. The van der Waals surface area contributed by atoms with E-state index in [1.54, 1.807) is 35.3 Å². The van der Waals surface area contributed by atoms with Gasteiger partial charge in [0.05, 0.1) is 36.4 Å². The van der Waals surface area contributed by atoms with E-state index in [-0.39, 0.29) is 15.9 Å². The second-order valence-electron chi connectivity index (χ2n) is 10.1. The molecule has 1 saturated carbocycles. The number of pyridine rings is 1. The third-order valence-corrected chi connectivity index (χ3v) is 10.3. The van der Waals surface area contributed by atoms with Crippen LogP contribution in [0.3, 0.4) is 0 Å². The second kappa shape index (κ2) is 11.8. The smallest absolute Gasteiger partial charge is 0.278 e. The van der Waals surface area contributed by atoms with E-state index in [1.807, 2.05) is 6.07 Å². The molecule has 40 heavy (non-hydrogen) atoms. The number of rotatable bonds is 10. The maximum atomic E-state index is 13.5. The fourth-order valence-electron chi connectivity index (χ4n) is 4.78. The summed E-state index contributed by atoms with van der Waals surface area (Å²) in [6.07, 6.45) is 3.87. The number of morpholine rings is 1. The van der Waals surface area contributed by atoms with Crippen molar-refractivity contribution in [2.75, 3.05) is 57.9 Å². The van der Waals surface area contributed by atoms with Crippen LogP contribution in [0.4, 0.5) is 5.13 Å². The van der Waals surface area contributed by atoms with Crippen LogP contribution in [0.1, 0.15) is 31.2 Å². The Hall–Kier alpha value is -3.13. The van der Waals surface area contributed by atoms with Crippen LogP contribution >= 0.6 is 11.3 Å². The molecule has 0 atom stereocenters. The molecule has 4 heterocycles. The topological polar surface area (TPSA) is 126 Å². The molecule has 0 bridgehead atoms. The Labute approximate surface area is 237 Å². The van der Waals surface area contributed by atoms with Gasteiger partial charge in [0.25, 0.3) is 5.91 Å². The van der Waals surface area contributed by atoms with E-state index >= 15 is 0 Å². The van der Waals surface area contributed by atoms with E-state index in [1.165, 1.54) is 24.2 Å². The first-order valence-electron chi connectivity index (χ1n) is 13.7. The molecule has 1 aromatic carbocycles. The molecule has 13 heteroatoms. The van der Waals surface area contributed by atoms with Crippen molar-refractivity contribution >= 4 is 48.3 Å². The van der Waals surface area contributed by atoms with Crippen LogP contribution in [-0.2, 0) is 19.4 Å². The van der Waals surface area contributed by atoms with Gasteiger partial charge in [-0.1, -0.05) is 23.5 Å². The third-order valence-electron chi connectivity index (χ3n) is 7.17. The molecule has 0 spiro atoms. The predicted molar refractivity (Wildman–Crippen MR) is 153 cm³/mol. The molecular weight excluding hydrogens is 552 g/mol. The zero-order chi connectivity index (χ0) is 27.5. The average Bonchev–Trinajstić information content (AvgIpc) is 3.57. The largest absolute Gasteiger partial charge is 0.476 e. The molecule has 0 unspecified atom stereocenters. The van der Waals surface area contributed by atoms with Gasteiger partial charge in [0.1, 0.15) is 17.0 Å². The van der Waals surface area contributed by atoms with Crippen molar-refractivity contribution in [2.45, 2.75) is 35.8 Å². The number of hydrogen-bond acceptors (Lipinski definition) is 11. The summed E-state index contributed by atoms with van der Waals surface area (Å²) < 4.78 is 36.6. The van der Waals surface area contributed by atoms with Crippen molar-refractivity contribution in [1.82, 2.24) is 19.9 Å². The first kappa shape index (κ1) is 27.1. The molecule has 2 saturated heterocycles. The molecule has 1 N–H and O–H groups in total. The summed E-state index contributed by atoms with van der Waals surface area (Å²) in [5.41, 5.74) is 1.36. The average molecular weight is 585 g/mol. The van der Waals surface area contributed by atoms with E-state index in [4.69, 9.17) is 9.47 Å². The Kier molecular flexibility index (Phi) is 7.96. The van der Waals surface area contributed by atoms with E-state index < -0.39 is 15.7 Å². The van der Waals surface area contributed by atoms with Gasteiger partial charge in [-0.05, 0) is 57.0 Å². The Morgan fingerprint density at radius 3 is 2.52 bits per heavy atom. The van der Waals surface area contributed by atoms with Crippen molar-refractivity contribution in [1.29, 1.82) is 0 Å². The van der Waals surface area contributed by atoms with Gasteiger partial charge in [-0.2, -0.15) is 5.10 Å². The minimum absolute atomic E-state index is 0.176. The maximum absolute atomic E-state index is 13.5. The van der Waals surface area contributed by atoms with Crippen LogP contribution in [0.2, 0.25) is 0 Å². The lowest BCUT2D eigenvalue weighted by atomic mass is 10.1. The maximum Gasteiger partial charge on any atom is 0.278 e. The minimum atomic E-state index is -3.33. The van der Waals surface area contributed by atoms with Gasteiger partial charge in [0, 0.05) is 18.2 Å². The van der Waals surface area contributed by atoms with E-state index in [0.717, 1.165) is 19.6 Å². The molecule has 212 valence electrons. The number of hydrazone groups is 1. The van der Waals surface area contributed by atoms with E-state index in [2.05, 4.69) is 25.3 Å². The first-order valence-corrected chi connectivity index (χ1v) is 16.0. The highest BCUT2D eigenvalue weighted by molar-refractivity contribution is 7.92. The van der Waals surface area contributed by atoms with E-state index in [0.29, 0.717) is 72.7 Å². The zero-order valence-corrected chi connectivity index (χ0v) is 23.8. The SMILES string of the molecule is O=C(Nc1nc2ccc(OCCN3CCCC3)nc2s1)/C(=N\N1CCOCC1)c1ccc(S(=O)(=O)C2CC2)cc1. The van der Waals surface area contributed by atoms with Crippen LogP contribution in [0.5, 0.6) is 5.88 Å².